The molecule has 21 heavy (non-hydrogen) atoms. The summed E-state index contributed by atoms with van der Waals surface area (Å²) in [6.45, 7) is 0. The van der Waals surface area contributed by atoms with Crippen LogP contribution in [0.15, 0.2) is 48.5 Å². The molecule has 0 bridgehead atoms. The monoisotopic (exact) mass is 301 g/mol. The molecule has 3 aromatic rings. The van der Waals surface area contributed by atoms with Gasteiger partial charge in [-0.1, -0.05) is 6.07 Å². The van der Waals surface area contributed by atoms with Crippen molar-refractivity contribution in [3.8, 4) is 5.75 Å². The summed E-state index contributed by atoms with van der Waals surface area (Å²) in [5.74, 6) is 0.157. The van der Waals surface area contributed by atoms with E-state index in [-0.39, 0.29) is 11.7 Å². The number of fused-ring (bicyclic) bond motifs is 1. The van der Waals surface area contributed by atoms with Crippen LogP contribution in [0.5, 0.6) is 5.75 Å². The van der Waals surface area contributed by atoms with Crippen molar-refractivity contribution in [3.63, 3.8) is 0 Å². The Morgan fingerprint density at radius 3 is 2.62 bits per heavy atom. The summed E-state index contributed by atoms with van der Waals surface area (Å²) in [6, 6.07) is 13.4. The maximum Gasteiger partial charge on any atom is 0.265 e. The molecule has 1 amide bonds. The molecule has 1 aromatic heterocycles. The van der Waals surface area contributed by atoms with Gasteiger partial charge < -0.3 is 10.1 Å². The van der Waals surface area contributed by atoms with E-state index in [4.69, 9.17) is 4.74 Å². The zero-order valence-corrected chi connectivity index (χ0v) is 12.0. The summed E-state index contributed by atoms with van der Waals surface area (Å²) in [5, 5.41) is 3.26. The Labute approximate surface area is 125 Å². The van der Waals surface area contributed by atoms with Crippen LogP contribution in [0.1, 0.15) is 9.67 Å². The second-order valence-electron chi connectivity index (χ2n) is 4.44. The van der Waals surface area contributed by atoms with Crippen LogP contribution in [0.2, 0.25) is 0 Å². The van der Waals surface area contributed by atoms with E-state index >= 15 is 0 Å². The van der Waals surface area contributed by atoms with E-state index in [2.05, 4.69) is 5.32 Å². The van der Waals surface area contributed by atoms with Gasteiger partial charge in [-0.05, 0) is 42.5 Å². The number of rotatable bonds is 3. The first-order chi connectivity index (χ1) is 10.2. The number of amides is 1. The topological polar surface area (TPSA) is 38.3 Å². The number of methoxy groups -OCH3 is 1. The third kappa shape index (κ3) is 2.73. The van der Waals surface area contributed by atoms with Gasteiger partial charge in [-0.15, -0.1) is 11.3 Å². The number of carbonyl (C=O) groups is 1. The lowest BCUT2D eigenvalue weighted by Crippen LogP contribution is -2.09. The molecule has 0 aliphatic heterocycles. The minimum atomic E-state index is -0.313. The molecule has 0 aliphatic carbocycles. The Kier molecular flexibility index (Phi) is 3.58. The van der Waals surface area contributed by atoms with Crippen molar-refractivity contribution in [1.82, 2.24) is 0 Å². The number of carbonyl (C=O) groups excluding carboxylic acids is 1. The minimum Gasteiger partial charge on any atom is -0.497 e. The van der Waals surface area contributed by atoms with E-state index in [1.807, 2.05) is 0 Å². The van der Waals surface area contributed by atoms with E-state index in [0.717, 1.165) is 10.4 Å². The highest BCUT2D eigenvalue weighted by atomic mass is 32.1. The van der Waals surface area contributed by atoms with Gasteiger partial charge in [-0.2, -0.15) is 0 Å². The summed E-state index contributed by atoms with van der Waals surface area (Å²) in [4.78, 5) is 12.7. The lowest BCUT2D eigenvalue weighted by Gasteiger charge is -2.04. The highest BCUT2D eigenvalue weighted by Crippen LogP contribution is 2.28. The lowest BCUT2D eigenvalue weighted by molar-refractivity contribution is 0.103. The molecule has 5 heteroatoms. The van der Waals surface area contributed by atoms with Gasteiger partial charge in [-0.3, -0.25) is 4.79 Å². The molecule has 0 saturated carbocycles. The molecule has 2 aromatic carbocycles. The second kappa shape index (κ2) is 5.54. The smallest absolute Gasteiger partial charge is 0.265 e. The van der Waals surface area contributed by atoms with E-state index in [9.17, 15) is 9.18 Å². The Bertz CT molecular complexity index is 796. The molecule has 1 heterocycles. The third-order valence-electron chi connectivity index (χ3n) is 3.08. The summed E-state index contributed by atoms with van der Waals surface area (Å²) in [6.07, 6.45) is 0. The van der Waals surface area contributed by atoms with Crippen LogP contribution in [0.4, 0.5) is 10.1 Å². The molecular weight excluding hydrogens is 289 g/mol. The van der Waals surface area contributed by atoms with Crippen molar-refractivity contribution in [2.75, 3.05) is 12.4 Å². The van der Waals surface area contributed by atoms with Gasteiger partial charge in [0.25, 0.3) is 5.91 Å². The van der Waals surface area contributed by atoms with Crippen LogP contribution in [0.25, 0.3) is 10.1 Å². The maximum absolute atomic E-state index is 13.6. The van der Waals surface area contributed by atoms with Crippen LogP contribution < -0.4 is 10.1 Å². The van der Waals surface area contributed by atoms with E-state index < -0.39 is 0 Å². The predicted octanol–water partition coefficient (Wildman–Crippen LogP) is 4.30. The van der Waals surface area contributed by atoms with Crippen LogP contribution in [-0.4, -0.2) is 13.0 Å². The van der Waals surface area contributed by atoms with Crippen LogP contribution in [-0.2, 0) is 0 Å². The van der Waals surface area contributed by atoms with Crippen LogP contribution in [0, 0.1) is 5.82 Å². The van der Waals surface area contributed by atoms with Crippen molar-refractivity contribution >= 4 is 33.0 Å². The van der Waals surface area contributed by atoms with Crippen molar-refractivity contribution in [1.29, 1.82) is 0 Å². The first-order valence-corrected chi connectivity index (χ1v) is 7.12. The van der Waals surface area contributed by atoms with E-state index in [0.29, 0.717) is 16.0 Å². The van der Waals surface area contributed by atoms with Gasteiger partial charge in [0.2, 0.25) is 0 Å². The summed E-state index contributed by atoms with van der Waals surface area (Å²) in [5.41, 5.74) is 0.665. The second-order valence-corrected chi connectivity index (χ2v) is 5.53. The number of ether oxygens (including phenoxy) is 1. The van der Waals surface area contributed by atoms with Gasteiger partial charge in [0.15, 0.2) is 0 Å². The fourth-order valence-electron chi connectivity index (χ4n) is 2.00. The minimum absolute atomic E-state index is 0.249. The first kappa shape index (κ1) is 13.6. The Hall–Kier alpha value is -2.40. The molecule has 0 unspecified atom stereocenters. The molecule has 0 radical (unpaired) electrons. The van der Waals surface area contributed by atoms with Gasteiger partial charge in [0.1, 0.15) is 11.6 Å². The fraction of sp³-hybridized carbons (Fsp3) is 0.0625. The molecule has 0 aliphatic rings. The van der Waals surface area contributed by atoms with Crippen LogP contribution in [0.3, 0.4) is 0 Å². The predicted molar refractivity (Wildman–Crippen MR) is 82.7 cm³/mol. The Morgan fingerprint density at radius 2 is 1.95 bits per heavy atom. The molecule has 3 rings (SSSR count). The molecule has 0 fully saturated rings. The summed E-state index contributed by atoms with van der Waals surface area (Å²) >= 11 is 1.27. The number of benzene rings is 2. The maximum atomic E-state index is 13.6. The average molecular weight is 301 g/mol. The molecule has 106 valence electrons. The highest BCUT2D eigenvalue weighted by Gasteiger charge is 2.12. The standard InChI is InChI=1S/C16H12FNO2S/c1-20-11-7-5-10(6-8-11)18-16(19)15-9-12-13(17)3-2-4-14(12)21-15/h2-9H,1H3,(H,18,19). The summed E-state index contributed by atoms with van der Waals surface area (Å²) < 4.78 is 19.5. The van der Waals surface area contributed by atoms with E-state index in [1.165, 1.54) is 17.4 Å². The SMILES string of the molecule is COc1ccc(NC(=O)c2cc3c(F)cccc3s2)cc1. The third-order valence-corrected chi connectivity index (χ3v) is 4.18. The number of nitrogens with one attached hydrogen (secondary N) is 1. The molecular formula is C16H12FNO2S. The van der Waals surface area contributed by atoms with Gasteiger partial charge in [0, 0.05) is 15.8 Å². The first-order valence-electron chi connectivity index (χ1n) is 6.31. The molecule has 0 atom stereocenters. The lowest BCUT2D eigenvalue weighted by atomic mass is 10.2. The van der Waals surface area contributed by atoms with Crippen LogP contribution >= 0.6 is 11.3 Å². The molecule has 3 nitrogen and oxygen atoms in total. The average Bonchev–Trinajstić information content (AvgIpc) is 2.94. The number of hydrogen-bond acceptors (Lipinski definition) is 3. The number of hydrogen-bond donors (Lipinski definition) is 1. The Balaban J connectivity index is 1.84. The molecule has 0 saturated heterocycles. The largest absolute Gasteiger partial charge is 0.497 e. The van der Waals surface area contributed by atoms with Crippen molar-refractivity contribution in [2.45, 2.75) is 0 Å². The van der Waals surface area contributed by atoms with E-state index in [1.54, 1.807) is 49.6 Å². The zero-order chi connectivity index (χ0) is 14.8. The van der Waals surface area contributed by atoms with Gasteiger partial charge in [0.05, 0.1) is 12.0 Å². The fourth-order valence-corrected chi connectivity index (χ4v) is 2.97. The molecule has 1 N–H and O–H groups in total. The quantitative estimate of drug-likeness (QED) is 0.783. The van der Waals surface area contributed by atoms with Gasteiger partial charge in [-0.25, -0.2) is 4.39 Å². The van der Waals surface area contributed by atoms with Crippen molar-refractivity contribution in [3.05, 3.63) is 59.2 Å². The molecule has 0 spiro atoms. The van der Waals surface area contributed by atoms with Gasteiger partial charge >= 0.3 is 0 Å². The number of anilines is 1. The zero-order valence-electron chi connectivity index (χ0n) is 11.2. The summed E-state index contributed by atoms with van der Waals surface area (Å²) in [7, 11) is 1.58. The highest BCUT2D eigenvalue weighted by molar-refractivity contribution is 7.20. The van der Waals surface area contributed by atoms with Crippen molar-refractivity contribution in [2.24, 2.45) is 0 Å². The normalized spacial score (nSPS) is 10.6. The Morgan fingerprint density at radius 1 is 1.19 bits per heavy atom. The number of halogens is 1. The number of thiophene rings is 1. The van der Waals surface area contributed by atoms with Crippen molar-refractivity contribution < 1.29 is 13.9 Å².